The first-order valence-corrected chi connectivity index (χ1v) is 9.96. The van der Waals surface area contributed by atoms with Crippen LogP contribution in [0, 0.1) is 12.8 Å². The van der Waals surface area contributed by atoms with Crippen molar-refractivity contribution in [1.82, 2.24) is 9.97 Å². The average Bonchev–Trinajstić information content (AvgIpc) is 2.62. The van der Waals surface area contributed by atoms with E-state index in [0.717, 1.165) is 54.8 Å². The minimum atomic E-state index is 0.138. The quantitative estimate of drug-likeness (QED) is 0.828. The summed E-state index contributed by atoms with van der Waals surface area (Å²) in [7, 11) is 0. The number of aryl methyl sites for hydroxylation is 1. The van der Waals surface area contributed by atoms with Crippen LogP contribution in [0.15, 0.2) is 30.3 Å². The molecule has 2 fully saturated rings. The molecule has 1 aliphatic heterocycles. The molecule has 0 atom stereocenters. The maximum Gasteiger partial charge on any atom is 0.227 e. The number of piperidine rings is 1. The van der Waals surface area contributed by atoms with E-state index in [1.54, 1.807) is 0 Å². The molecule has 0 spiro atoms. The van der Waals surface area contributed by atoms with Crippen molar-refractivity contribution in [2.45, 2.75) is 45.4 Å². The summed E-state index contributed by atoms with van der Waals surface area (Å²) in [6, 6.07) is 9.75. The molecule has 1 aromatic carbocycles. The Labute approximate surface area is 160 Å². The first-order valence-electron chi connectivity index (χ1n) is 9.96. The van der Waals surface area contributed by atoms with Crippen molar-refractivity contribution >= 4 is 29.0 Å². The summed E-state index contributed by atoms with van der Waals surface area (Å²) in [6.45, 7) is 4.05. The van der Waals surface area contributed by atoms with Gasteiger partial charge in [0.05, 0.1) is 0 Å². The first-order chi connectivity index (χ1) is 13.2. The van der Waals surface area contributed by atoms with E-state index in [9.17, 15) is 4.79 Å². The first kappa shape index (κ1) is 17.8. The normalized spacial score (nSPS) is 17.3. The van der Waals surface area contributed by atoms with Crippen LogP contribution in [0.25, 0.3) is 0 Å². The van der Waals surface area contributed by atoms with Gasteiger partial charge in [0.15, 0.2) is 0 Å². The van der Waals surface area contributed by atoms with Crippen LogP contribution in [-0.2, 0) is 4.79 Å². The van der Waals surface area contributed by atoms with Crippen molar-refractivity contribution in [2.75, 3.05) is 28.6 Å². The molecule has 1 saturated carbocycles. The monoisotopic (exact) mass is 365 g/mol. The number of aromatic nitrogens is 2. The summed E-state index contributed by atoms with van der Waals surface area (Å²) in [4.78, 5) is 23.6. The Morgan fingerprint density at radius 1 is 1.00 bits per heavy atom. The zero-order chi connectivity index (χ0) is 18.6. The number of amides is 1. The molecule has 6 heteroatoms. The largest absolute Gasteiger partial charge is 0.341 e. The topological polar surface area (TPSA) is 70.2 Å². The van der Waals surface area contributed by atoms with Gasteiger partial charge in [-0.1, -0.05) is 6.42 Å². The lowest BCUT2D eigenvalue weighted by Gasteiger charge is -2.27. The van der Waals surface area contributed by atoms with Crippen LogP contribution < -0.4 is 15.5 Å². The van der Waals surface area contributed by atoms with Crippen LogP contribution in [0.5, 0.6) is 0 Å². The Morgan fingerprint density at radius 3 is 2.37 bits per heavy atom. The van der Waals surface area contributed by atoms with Gasteiger partial charge in [-0.25, -0.2) is 4.98 Å². The molecule has 2 heterocycles. The zero-order valence-electron chi connectivity index (χ0n) is 15.9. The maximum atomic E-state index is 12.0. The summed E-state index contributed by atoms with van der Waals surface area (Å²) in [5.74, 6) is 1.94. The number of nitrogens with zero attached hydrogens (tertiary/aromatic N) is 3. The predicted molar refractivity (Wildman–Crippen MR) is 109 cm³/mol. The van der Waals surface area contributed by atoms with Gasteiger partial charge >= 0.3 is 0 Å². The number of carbonyl (C=O) groups excluding carboxylic acids is 1. The van der Waals surface area contributed by atoms with E-state index in [4.69, 9.17) is 4.98 Å². The highest BCUT2D eigenvalue weighted by molar-refractivity contribution is 5.93. The van der Waals surface area contributed by atoms with Gasteiger partial charge in [0, 0.05) is 42.1 Å². The number of carbonyl (C=O) groups is 1. The molecular weight excluding hydrogens is 338 g/mol. The SMILES string of the molecule is Cc1cc(Nc2ccc(NC(=O)C3CCC3)cc2)nc(N2CCCCC2)n1. The van der Waals surface area contributed by atoms with Gasteiger partial charge in [-0.3, -0.25) is 4.79 Å². The number of benzene rings is 1. The van der Waals surface area contributed by atoms with Gasteiger partial charge in [-0.2, -0.15) is 4.98 Å². The number of nitrogens with one attached hydrogen (secondary N) is 2. The smallest absolute Gasteiger partial charge is 0.227 e. The van der Waals surface area contributed by atoms with Crippen LogP contribution in [0.4, 0.5) is 23.1 Å². The number of anilines is 4. The second kappa shape index (κ2) is 7.94. The molecule has 2 aliphatic rings. The lowest BCUT2D eigenvalue weighted by atomic mass is 9.85. The van der Waals surface area contributed by atoms with E-state index in [1.807, 2.05) is 37.3 Å². The van der Waals surface area contributed by atoms with Gasteiger partial charge in [0.2, 0.25) is 11.9 Å². The molecule has 6 nitrogen and oxygen atoms in total. The summed E-state index contributed by atoms with van der Waals surface area (Å²) in [6.07, 6.45) is 6.88. The lowest BCUT2D eigenvalue weighted by molar-refractivity contribution is -0.122. The second-order valence-electron chi connectivity index (χ2n) is 7.56. The Balaban J connectivity index is 1.42. The molecule has 1 aliphatic carbocycles. The maximum absolute atomic E-state index is 12.0. The highest BCUT2D eigenvalue weighted by Gasteiger charge is 2.25. The Bertz CT molecular complexity index is 795. The van der Waals surface area contributed by atoms with E-state index in [2.05, 4.69) is 20.5 Å². The highest BCUT2D eigenvalue weighted by atomic mass is 16.1. The van der Waals surface area contributed by atoms with Crippen molar-refractivity contribution < 1.29 is 4.79 Å². The number of hydrogen-bond acceptors (Lipinski definition) is 5. The average molecular weight is 365 g/mol. The van der Waals surface area contributed by atoms with Gasteiger partial charge < -0.3 is 15.5 Å². The van der Waals surface area contributed by atoms with Crippen LogP contribution in [0.1, 0.15) is 44.2 Å². The predicted octanol–water partition coefficient (Wildman–Crippen LogP) is 4.26. The third-order valence-electron chi connectivity index (χ3n) is 5.38. The second-order valence-corrected chi connectivity index (χ2v) is 7.56. The fourth-order valence-corrected chi connectivity index (χ4v) is 3.55. The molecule has 27 heavy (non-hydrogen) atoms. The van der Waals surface area contributed by atoms with Crippen molar-refractivity contribution in [3.8, 4) is 0 Å². The third kappa shape index (κ3) is 4.38. The Hall–Kier alpha value is -2.63. The Morgan fingerprint density at radius 2 is 1.70 bits per heavy atom. The van der Waals surface area contributed by atoms with E-state index in [-0.39, 0.29) is 11.8 Å². The van der Waals surface area contributed by atoms with Crippen molar-refractivity contribution in [3.63, 3.8) is 0 Å². The summed E-state index contributed by atoms with van der Waals surface area (Å²) >= 11 is 0. The van der Waals surface area contributed by atoms with E-state index in [1.165, 1.54) is 25.7 Å². The van der Waals surface area contributed by atoms with Crippen LogP contribution in [0.3, 0.4) is 0 Å². The lowest BCUT2D eigenvalue weighted by Crippen LogP contribution is -2.31. The molecular formula is C21H27N5O. The molecule has 1 saturated heterocycles. The molecule has 0 unspecified atom stereocenters. The molecule has 1 aromatic heterocycles. The summed E-state index contributed by atoms with van der Waals surface area (Å²) < 4.78 is 0. The van der Waals surface area contributed by atoms with Crippen LogP contribution in [-0.4, -0.2) is 29.0 Å². The van der Waals surface area contributed by atoms with Crippen LogP contribution >= 0.6 is 0 Å². The van der Waals surface area contributed by atoms with E-state index >= 15 is 0 Å². The third-order valence-corrected chi connectivity index (χ3v) is 5.38. The van der Waals surface area contributed by atoms with Gasteiger partial charge in [0.1, 0.15) is 5.82 Å². The summed E-state index contributed by atoms with van der Waals surface area (Å²) in [5, 5.41) is 6.36. The molecule has 1 amide bonds. The number of hydrogen-bond donors (Lipinski definition) is 2. The van der Waals surface area contributed by atoms with Gasteiger partial charge in [-0.15, -0.1) is 0 Å². The molecule has 142 valence electrons. The van der Waals surface area contributed by atoms with Crippen molar-refractivity contribution in [2.24, 2.45) is 5.92 Å². The molecule has 2 aromatic rings. The van der Waals surface area contributed by atoms with Crippen LogP contribution in [0.2, 0.25) is 0 Å². The van der Waals surface area contributed by atoms with E-state index in [0.29, 0.717) is 0 Å². The fraction of sp³-hybridized carbons (Fsp3) is 0.476. The summed E-state index contributed by atoms with van der Waals surface area (Å²) in [5.41, 5.74) is 2.74. The van der Waals surface area contributed by atoms with E-state index < -0.39 is 0 Å². The molecule has 2 N–H and O–H groups in total. The van der Waals surface area contributed by atoms with Crippen molar-refractivity contribution in [1.29, 1.82) is 0 Å². The number of rotatable bonds is 5. The molecule has 4 rings (SSSR count). The fourth-order valence-electron chi connectivity index (χ4n) is 3.55. The Kier molecular flexibility index (Phi) is 5.23. The zero-order valence-corrected chi connectivity index (χ0v) is 15.9. The highest BCUT2D eigenvalue weighted by Crippen LogP contribution is 2.28. The minimum Gasteiger partial charge on any atom is -0.341 e. The van der Waals surface area contributed by atoms with Crippen molar-refractivity contribution in [3.05, 3.63) is 36.0 Å². The molecule has 0 bridgehead atoms. The van der Waals surface area contributed by atoms with Gasteiger partial charge in [-0.05, 0) is 63.3 Å². The standard InChI is InChI=1S/C21H27N5O/c1-15-14-19(25-21(22-15)26-12-3-2-4-13-26)23-17-8-10-18(11-9-17)24-20(27)16-6-5-7-16/h8-11,14,16H,2-7,12-13H2,1H3,(H,24,27)(H,22,23,25). The molecule has 0 radical (unpaired) electrons. The minimum absolute atomic E-state index is 0.138. The van der Waals surface area contributed by atoms with Gasteiger partial charge in [0.25, 0.3) is 0 Å².